The molecule has 66 valence electrons. The van der Waals surface area contributed by atoms with Crippen molar-refractivity contribution in [1.29, 1.82) is 0 Å². The molecule has 3 heteroatoms. The van der Waals surface area contributed by atoms with Gasteiger partial charge in [-0.05, 0) is 20.4 Å². The van der Waals surface area contributed by atoms with E-state index >= 15 is 0 Å². The summed E-state index contributed by atoms with van der Waals surface area (Å²) in [6, 6.07) is 0.473. The smallest absolute Gasteiger partial charge is 0.114 e. The molecule has 1 fully saturated rings. The van der Waals surface area contributed by atoms with E-state index < -0.39 is 6.17 Å². The maximum atomic E-state index is 12.7. The zero-order valence-electron chi connectivity index (χ0n) is 7.31. The summed E-state index contributed by atoms with van der Waals surface area (Å²) in [5.74, 6) is 0. The Morgan fingerprint density at radius 3 is 2.91 bits per heavy atom. The van der Waals surface area contributed by atoms with Crippen molar-refractivity contribution in [3.8, 4) is 0 Å². The number of likely N-dealkylation sites (tertiary alicyclic amines) is 1. The van der Waals surface area contributed by atoms with E-state index in [0.29, 0.717) is 19.0 Å². The fraction of sp³-hybridized carbons (Fsp3) is 1.00. The van der Waals surface area contributed by atoms with Gasteiger partial charge in [-0.1, -0.05) is 0 Å². The van der Waals surface area contributed by atoms with Gasteiger partial charge >= 0.3 is 0 Å². The molecule has 0 aromatic rings. The van der Waals surface area contributed by atoms with Crippen LogP contribution in [0.15, 0.2) is 0 Å². The van der Waals surface area contributed by atoms with Crippen molar-refractivity contribution in [2.75, 3.05) is 26.7 Å². The molecule has 1 aliphatic rings. The van der Waals surface area contributed by atoms with Crippen molar-refractivity contribution in [2.45, 2.75) is 25.6 Å². The predicted molar refractivity (Wildman–Crippen MR) is 44.5 cm³/mol. The average molecular weight is 160 g/mol. The number of rotatable bonds is 3. The highest BCUT2D eigenvalue weighted by molar-refractivity contribution is 4.79. The zero-order valence-corrected chi connectivity index (χ0v) is 7.31. The Morgan fingerprint density at radius 1 is 1.73 bits per heavy atom. The molecule has 0 bridgehead atoms. The van der Waals surface area contributed by atoms with Gasteiger partial charge in [-0.25, -0.2) is 4.39 Å². The summed E-state index contributed by atoms with van der Waals surface area (Å²) < 4.78 is 12.7. The molecular weight excluding hydrogens is 143 g/mol. The van der Waals surface area contributed by atoms with Crippen LogP contribution in [0, 0.1) is 0 Å². The topological polar surface area (TPSA) is 15.3 Å². The Hall–Kier alpha value is -0.150. The van der Waals surface area contributed by atoms with Gasteiger partial charge in [0.25, 0.3) is 0 Å². The zero-order chi connectivity index (χ0) is 8.27. The van der Waals surface area contributed by atoms with Gasteiger partial charge in [0.2, 0.25) is 0 Å². The second kappa shape index (κ2) is 4.02. The first-order valence-electron chi connectivity index (χ1n) is 4.26. The van der Waals surface area contributed by atoms with Gasteiger partial charge in [-0.2, -0.15) is 0 Å². The minimum Gasteiger partial charge on any atom is -0.318 e. The van der Waals surface area contributed by atoms with Crippen LogP contribution in [-0.2, 0) is 0 Å². The number of nitrogens with one attached hydrogen (secondary N) is 1. The molecule has 11 heavy (non-hydrogen) atoms. The van der Waals surface area contributed by atoms with Crippen LogP contribution < -0.4 is 5.32 Å². The molecule has 1 N–H and O–H groups in total. The Bertz CT molecular complexity index is 119. The van der Waals surface area contributed by atoms with Gasteiger partial charge in [-0.3, -0.25) is 4.90 Å². The summed E-state index contributed by atoms with van der Waals surface area (Å²) in [5.41, 5.74) is 0. The van der Waals surface area contributed by atoms with E-state index in [4.69, 9.17) is 0 Å². The van der Waals surface area contributed by atoms with Gasteiger partial charge in [0.15, 0.2) is 0 Å². The van der Waals surface area contributed by atoms with Gasteiger partial charge in [0.05, 0.1) is 0 Å². The number of halogens is 1. The van der Waals surface area contributed by atoms with Gasteiger partial charge in [0.1, 0.15) is 6.17 Å². The molecular formula is C8H17FN2. The number of alkyl halides is 1. The second-order valence-electron chi connectivity index (χ2n) is 3.29. The minimum atomic E-state index is -0.589. The van der Waals surface area contributed by atoms with Crippen LogP contribution in [0.4, 0.5) is 4.39 Å². The van der Waals surface area contributed by atoms with Gasteiger partial charge in [0, 0.05) is 25.7 Å². The van der Waals surface area contributed by atoms with Gasteiger partial charge < -0.3 is 5.32 Å². The van der Waals surface area contributed by atoms with Crippen LogP contribution in [-0.4, -0.2) is 43.8 Å². The fourth-order valence-electron chi connectivity index (χ4n) is 1.57. The molecule has 1 aliphatic heterocycles. The normalized spacial score (nSPS) is 29.2. The van der Waals surface area contributed by atoms with Crippen molar-refractivity contribution in [3.63, 3.8) is 0 Å². The van der Waals surface area contributed by atoms with E-state index in [1.54, 1.807) is 0 Å². The summed E-state index contributed by atoms with van der Waals surface area (Å²) in [6.07, 6.45) is 0.128. The third kappa shape index (κ3) is 2.42. The number of nitrogens with zero attached hydrogens (tertiary/aromatic N) is 1. The third-order valence-electron chi connectivity index (χ3n) is 2.29. The Morgan fingerprint density at radius 2 is 2.45 bits per heavy atom. The molecule has 0 aromatic heterocycles. The van der Waals surface area contributed by atoms with Crippen molar-refractivity contribution in [2.24, 2.45) is 0 Å². The molecule has 0 amide bonds. The van der Waals surface area contributed by atoms with Crippen LogP contribution in [0.25, 0.3) is 0 Å². The lowest BCUT2D eigenvalue weighted by Gasteiger charge is -2.22. The van der Waals surface area contributed by atoms with Crippen molar-refractivity contribution >= 4 is 0 Å². The Labute approximate surface area is 67.8 Å². The molecule has 2 nitrogen and oxygen atoms in total. The maximum absolute atomic E-state index is 12.7. The highest BCUT2D eigenvalue weighted by atomic mass is 19.1. The average Bonchev–Trinajstić information content (AvgIpc) is 2.36. The van der Waals surface area contributed by atoms with Crippen molar-refractivity contribution in [1.82, 2.24) is 10.2 Å². The SMILES string of the molecule is CNCC(C)N1CCC(F)C1. The van der Waals surface area contributed by atoms with Gasteiger partial charge in [-0.15, -0.1) is 0 Å². The number of hydrogen-bond donors (Lipinski definition) is 1. The molecule has 0 spiro atoms. The van der Waals surface area contributed by atoms with E-state index in [1.807, 2.05) is 7.05 Å². The predicted octanol–water partition coefficient (Wildman–Crippen LogP) is 0.638. The van der Waals surface area contributed by atoms with Crippen LogP contribution in [0.2, 0.25) is 0 Å². The van der Waals surface area contributed by atoms with E-state index in [-0.39, 0.29) is 0 Å². The van der Waals surface area contributed by atoms with E-state index in [2.05, 4.69) is 17.1 Å². The quantitative estimate of drug-likeness (QED) is 0.651. The van der Waals surface area contributed by atoms with E-state index in [1.165, 1.54) is 0 Å². The Kier molecular flexibility index (Phi) is 3.27. The summed E-state index contributed by atoms with van der Waals surface area (Å²) in [6.45, 7) is 4.63. The molecule has 0 radical (unpaired) electrons. The monoisotopic (exact) mass is 160 g/mol. The summed E-state index contributed by atoms with van der Waals surface area (Å²) in [5, 5.41) is 3.10. The largest absolute Gasteiger partial charge is 0.318 e. The Balaban J connectivity index is 2.25. The highest BCUT2D eigenvalue weighted by Gasteiger charge is 2.24. The number of hydrogen-bond acceptors (Lipinski definition) is 2. The lowest BCUT2D eigenvalue weighted by atomic mass is 10.3. The number of likely N-dealkylation sites (N-methyl/N-ethyl adjacent to an activating group) is 1. The van der Waals surface area contributed by atoms with E-state index in [0.717, 1.165) is 13.1 Å². The minimum absolute atomic E-state index is 0.473. The first kappa shape index (κ1) is 8.94. The molecule has 2 atom stereocenters. The second-order valence-corrected chi connectivity index (χ2v) is 3.29. The molecule has 0 saturated carbocycles. The lowest BCUT2D eigenvalue weighted by Crippen LogP contribution is -2.38. The van der Waals surface area contributed by atoms with E-state index in [9.17, 15) is 4.39 Å². The summed E-state index contributed by atoms with van der Waals surface area (Å²) >= 11 is 0. The van der Waals surface area contributed by atoms with Crippen molar-refractivity contribution < 1.29 is 4.39 Å². The van der Waals surface area contributed by atoms with Crippen LogP contribution >= 0.6 is 0 Å². The lowest BCUT2D eigenvalue weighted by molar-refractivity contribution is 0.231. The fourth-order valence-corrected chi connectivity index (χ4v) is 1.57. The summed E-state index contributed by atoms with van der Waals surface area (Å²) in [7, 11) is 1.93. The molecule has 1 heterocycles. The maximum Gasteiger partial charge on any atom is 0.114 e. The molecule has 0 aliphatic carbocycles. The van der Waals surface area contributed by atoms with Crippen LogP contribution in [0.5, 0.6) is 0 Å². The summed E-state index contributed by atoms with van der Waals surface area (Å²) in [4.78, 5) is 2.20. The van der Waals surface area contributed by atoms with Crippen molar-refractivity contribution in [3.05, 3.63) is 0 Å². The molecule has 1 saturated heterocycles. The first-order chi connectivity index (χ1) is 5.24. The molecule has 0 aromatic carbocycles. The van der Waals surface area contributed by atoms with Crippen LogP contribution in [0.3, 0.4) is 0 Å². The molecule has 1 rings (SSSR count). The molecule has 2 unspecified atom stereocenters. The third-order valence-corrected chi connectivity index (χ3v) is 2.29. The first-order valence-corrected chi connectivity index (χ1v) is 4.26. The van der Waals surface area contributed by atoms with Crippen LogP contribution in [0.1, 0.15) is 13.3 Å². The highest BCUT2D eigenvalue weighted by Crippen LogP contribution is 2.14. The standard InChI is InChI=1S/C8H17FN2/c1-7(5-10-2)11-4-3-8(9)6-11/h7-8,10H,3-6H2,1-2H3.